The van der Waals surface area contributed by atoms with Crippen molar-refractivity contribution in [2.45, 2.75) is 0 Å². The quantitative estimate of drug-likeness (QED) is 0.556. The number of halogens is 2. The molecule has 0 aliphatic heterocycles. The fourth-order valence-electron chi connectivity index (χ4n) is 2.01. The smallest absolute Gasteiger partial charge is 0.143 e. The van der Waals surface area contributed by atoms with Crippen LogP contribution in [0.1, 0.15) is 0 Å². The van der Waals surface area contributed by atoms with Crippen LogP contribution in [-0.4, -0.2) is 5.11 Å². The van der Waals surface area contributed by atoms with Crippen LogP contribution < -0.4 is 0 Å². The molecular weight excluding hydrogens is 307 g/mol. The number of benzene rings is 3. The fourth-order valence-corrected chi connectivity index (χ4v) is 2.46. The maximum Gasteiger partial charge on any atom is 0.143 e. The molecule has 3 rings (SSSR count). The lowest BCUT2D eigenvalue weighted by atomic mass is 10.1. The Balaban J connectivity index is 2.09. The summed E-state index contributed by atoms with van der Waals surface area (Å²) in [4.78, 5) is 0. The van der Waals surface area contributed by atoms with Crippen LogP contribution in [0.5, 0.6) is 5.75 Å². The van der Waals surface area contributed by atoms with Crippen molar-refractivity contribution in [3.63, 3.8) is 0 Å². The fraction of sp³-hybridized carbons (Fsp3) is 0. The lowest BCUT2D eigenvalue weighted by Gasteiger charge is -2.04. The second-order valence-electron chi connectivity index (χ2n) is 4.45. The molecule has 0 radical (unpaired) electrons. The van der Waals surface area contributed by atoms with Gasteiger partial charge in [-0.05, 0) is 29.7 Å². The van der Waals surface area contributed by atoms with Crippen molar-refractivity contribution in [3.8, 4) is 5.75 Å². The van der Waals surface area contributed by atoms with Gasteiger partial charge in [-0.25, -0.2) is 0 Å². The van der Waals surface area contributed by atoms with Crippen LogP contribution in [0.2, 0.25) is 10.0 Å². The van der Waals surface area contributed by atoms with Gasteiger partial charge >= 0.3 is 0 Å². The summed E-state index contributed by atoms with van der Waals surface area (Å²) >= 11 is 11.9. The molecule has 5 heteroatoms. The molecule has 0 saturated carbocycles. The Labute approximate surface area is 131 Å². The first-order valence-corrected chi connectivity index (χ1v) is 6.98. The molecule has 3 nitrogen and oxygen atoms in total. The lowest BCUT2D eigenvalue weighted by Crippen LogP contribution is -1.75. The van der Waals surface area contributed by atoms with Crippen LogP contribution in [-0.2, 0) is 0 Å². The third kappa shape index (κ3) is 2.84. The van der Waals surface area contributed by atoms with Crippen molar-refractivity contribution in [1.82, 2.24) is 0 Å². The molecule has 0 aromatic heterocycles. The lowest BCUT2D eigenvalue weighted by molar-refractivity contribution is 0.477. The van der Waals surface area contributed by atoms with Crippen LogP contribution in [0, 0.1) is 0 Å². The van der Waals surface area contributed by atoms with Crippen LogP contribution in [0.3, 0.4) is 0 Å². The van der Waals surface area contributed by atoms with E-state index >= 15 is 0 Å². The zero-order chi connectivity index (χ0) is 14.8. The predicted molar refractivity (Wildman–Crippen MR) is 86.3 cm³/mol. The van der Waals surface area contributed by atoms with Gasteiger partial charge < -0.3 is 5.11 Å². The molecule has 0 spiro atoms. The zero-order valence-electron chi connectivity index (χ0n) is 10.8. The molecule has 104 valence electrons. The molecule has 0 atom stereocenters. The highest BCUT2D eigenvalue weighted by atomic mass is 35.5. The van der Waals surface area contributed by atoms with Crippen molar-refractivity contribution in [1.29, 1.82) is 0 Å². The summed E-state index contributed by atoms with van der Waals surface area (Å²) in [5.74, 6) is 0.0718. The Morgan fingerprint density at radius 3 is 2.48 bits per heavy atom. The molecule has 0 unspecified atom stereocenters. The average molecular weight is 317 g/mol. The van der Waals surface area contributed by atoms with Gasteiger partial charge in [0.05, 0.1) is 5.02 Å². The molecule has 0 heterocycles. The SMILES string of the molecule is Oc1ccc2ccccc2c1N=Nc1ccc(Cl)cc1Cl. The van der Waals surface area contributed by atoms with Crippen LogP contribution in [0.4, 0.5) is 11.4 Å². The summed E-state index contributed by atoms with van der Waals surface area (Å²) in [7, 11) is 0. The third-order valence-electron chi connectivity index (χ3n) is 3.05. The molecule has 0 saturated heterocycles. The topological polar surface area (TPSA) is 45.0 Å². The van der Waals surface area contributed by atoms with Gasteiger partial charge in [-0.1, -0.05) is 53.5 Å². The Bertz CT molecular complexity index is 847. The van der Waals surface area contributed by atoms with E-state index in [1.807, 2.05) is 30.3 Å². The van der Waals surface area contributed by atoms with E-state index in [0.29, 0.717) is 21.4 Å². The molecule has 3 aromatic carbocycles. The van der Waals surface area contributed by atoms with E-state index in [2.05, 4.69) is 10.2 Å². The van der Waals surface area contributed by atoms with Gasteiger partial charge in [0.2, 0.25) is 0 Å². The van der Waals surface area contributed by atoms with E-state index in [1.165, 1.54) is 0 Å². The highest BCUT2D eigenvalue weighted by Crippen LogP contribution is 2.37. The number of hydrogen-bond donors (Lipinski definition) is 1. The van der Waals surface area contributed by atoms with Gasteiger partial charge in [0.25, 0.3) is 0 Å². The Morgan fingerprint density at radius 2 is 1.67 bits per heavy atom. The first kappa shape index (κ1) is 13.9. The van der Waals surface area contributed by atoms with Gasteiger partial charge in [0.15, 0.2) is 0 Å². The van der Waals surface area contributed by atoms with E-state index < -0.39 is 0 Å². The minimum atomic E-state index is 0.0718. The van der Waals surface area contributed by atoms with Crippen LogP contribution in [0.25, 0.3) is 10.8 Å². The number of fused-ring (bicyclic) bond motifs is 1. The standard InChI is InChI=1S/C16H10Cl2N2O/c17-11-6-7-14(13(18)9-11)19-20-16-12-4-2-1-3-10(12)5-8-15(16)21/h1-9,21H. The number of hydrogen-bond acceptors (Lipinski definition) is 3. The Kier molecular flexibility index (Phi) is 3.78. The van der Waals surface area contributed by atoms with E-state index in [0.717, 1.165) is 10.8 Å². The first-order chi connectivity index (χ1) is 10.1. The van der Waals surface area contributed by atoms with E-state index in [-0.39, 0.29) is 5.75 Å². The van der Waals surface area contributed by atoms with Gasteiger partial charge in [0, 0.05) is 10.4 Å². The maximum absolute atomic E-state index is 9.99. The average Bonchev–Trinajstić information content (AvgIpc) is 2.48. The van der Waals surface area contributed by atoms with Gasteiger partial charge in [-0.2, -0.15) is 0 Å². The number of aromatic hydroxyl groups is 1. The van der Waals surface area contributed by atoms with Crippen LogP contribution in [0.15, 0.2) is 64.8 Å². The summed E-state index contributed by atoms with van der Waals surface area (Å²) in [5.41, 5.74) is 0.910. The Morgan fingerprint density at radius 1 is 0.857 bits per heavy atom. The molecular formula is C16H10Cl2N2O. The molecule has 0 bridgehead atoms. The summed E-state index contributed by atoms with van der Waals surface area (Å²) in [5, 5.41) is 21.0. The summed E-state index contributed by atoms with van der Waals surface area (Å²) in [6.07, 6.45) is 0. The number of phenolic OH excluding ortho intramolecular Hbond substituents is 1. The second kappa shape index (κ2) is 5.72. The summed E-state index contributed by atoms with van der Waals surface area (Å²) < 4.78 is 0. The van der Waals surface area contributed by atoms with Crippen molar-refractivity contribution in [3.05, 3.63) is 64.6 Å². The number of azo groups is 1. The zero-order valence-corrected chi connectivity index (χ0v) is 12.3. The molecule has 3 aromatic rings. The van der Waals surface area contributed by atoms with Crippen molar-refractivity contribution < 1.29 is 5.11 Å². The molecule has 21 heavy (non-hydrogen) atoms. The van der Waals surface area contributed by atoms with E-state index in [1.54, 1.807) is 24.3 Å². The normalized spacial score (nSPS) is 11.3. The van der Waals surface area contributed by atoms with Crippen LogP contribution >= 0.6 is 23.2 Å². The molecule has 0 fully saturated rings. The highest BCUT2D eigenvalue weighted by Gasteiger charge is 2.06. The predicted octanol–water partition coefficient (Wildman–Crippen LogP) is 6.27. The highest BCUT2D eigenvalue weighted by molar-refractivity contribution is 6.36. The molecule has 0 aliphatic rings. The number of nitrogens with zero attached hydrogens (tertiary/aromatic N) is 2. The van der Waals surface area contributed by atoms with E-state index in [9.17, 15) is 5.11 Å². The van der Waals surface area contributed by atoms with Gasteiger partial charge in [-0.3, -0.25) is 0 Å². The monoisotopic (exact) mass is 316 g/mol. The second-order valence-corrected chi connectivity index (χ2v) is 5.29. The Hall–Kier alpha value is -2.10. The van der Waals surface area contributed by atoms with Crippen molar-refractivity contribution in [2.24, 2.45) is 10.2 Å². The largest absolute Gasteiger partial charge is 0.506 e. The minimum Gasteiger partial charge on any atom is -0.506 e. The van der Waals surface area contributed by atoms with Gasteiger partial charge in [-0.15, -0.1) is 10.2 Å². The van der Waals surface area contributed by atoms with E-state index in [4.69, 9.17) is 23.2 Å². The molecule has 0 aliphatic carbocycles. The first-order valence-electron chi connectivity index (χ1n) is 6.22. The summed E-state index contributed by atoms with van der Waals surface area (Å²) in [6.45, 7) is 0. The van der Waals surface area contributed by atoms with Gasteiger partial charge in [0.1, 0.15) is 17.1 Å². The maximum atomic E-state index is 9.99. The molecule has 1 N–H and O–H groups in total. The number of phenols is 1. The third-order valence-corrected chi connectivity index (χ3v) is 3.58. The number of rotatable bonds is 2. The van der Waals surface area contributed by atoms with Crippen molar-refractivity contribution in [2.75, 3.05) is 0 Å². The van der Waals surface area contributed by atoms with Crippen molar-refractivity contribution >= 4 is 45.3 Å². The minimum absolute atomic E-state index is 0.0718. The molecule has 0 amide bonds. The summed E-state index contributed by atoms with van der Waals surface area (Å²) in [6, 6.07) is 16.0.